The second-order valence-corrected chi connectivity index (χ2v) is 4.49. The smallest absolute Gasteiger partial charge is 0.415 e. The molecule has 7 heteroatoms. The van der Waals surface area contributed by atoms with E-state index in [4.69, 9.17) is 14.6 Å². The third-order valence-electron chi connectivity index (χ3n) is 2.91. The average molecular weight is 291 g/mol. The highest BCUT2D eigenvalue weighted by atomic mass is 19.4. The molecular weight excluding hydrogens is 275 g/mol. The van der Waals surface area contributed by atoms with Crippen LogP contribution in [-0.4, -0.2) is 43.7 Å². The molecule has 1 heterocycles. The Balaban J connectivity index is 1.77. The molecule has 112 valence electrons. The molecule has 1 atom stereocenters. The van der Waals surface area contributed by atoms with Crippen LogP contribution in [0.15, 0.2) is 18.2 Å². The Morgan fingerprint density at radius 1 is 1.20 bits per heavy atom. The van der Waals surface area contributed by atoms with Gasteiger partial charge in [0.05, 0.1) is 0 Å². The molecule has 1 aliphatic rings. The van der Waals surface area contributed by atoms with Gasteiger partial charge in [-0.1, -0.05) is 6.07 Å². The third-order valence-corrected chi connectivity index (χ3v) is 2.91. The predicted octanol–water partition coefficient (Wildman–Crippen LogP) is 1.51. The number of nitrogens with one attached hydrogen (secondary N) is 1. The molecule has 0 bridgehead atoms. The summed E-state index contributed by atoms with van der Waals surface area (Å²) in [5, 5.41) is 11.4. The molecular formula is C13H16F3NO3. The van der Waals surface area contributed by atoms with Crippen LogP contribution >= 0.6 is 0 Å². The van der Waals surface area contributed by atoms with Gasteiger partial charge in [0.1, 0.15) is 13.2 Å². The van der Waals surface area contributed by atoms with E-state index in [0.29, 0.717) is 37.7 Å². The summed E-state index contributed by atoms with van der Waals surface area (Å²) < 4.78 is 47.0. The highest BCUT2D eigenvalue weighted by Gasteiger charge is 2.37. The van der Waals surface area contributed by atoms with Crippen molar-refractivity contribution in [3.63, 3.8) is 0 Å². The van der Waals surface area contributed by atoms with E-state index in [1.807, 2.05) is 12.1 Å². The van der Waals surface area contributed by atoms with Crippen molar-refractivity contribution in [3.05, 3.63) is 23.8 Å². The van der Waals surface area contributed by atoms with Crippen molar-refractivity contribution in [1.29, 1.82) is 0 Å². The fraction of sp³-hybridized carbons (Fsp3) is 0.538. The highest BCUT2D eigenvalue weighted by molar-refractivity contribution is 5.43. The van der Waals surface area contributed by atoms with E-state index in [1.54, 1.807) is 6.07 Å². The lowest BCUT2D eigenvalue weighted by Gasteiger charge is -2.19. The molecule has 1 aromatic carbocycles. The van der Waals surface area contributed by atoms with Gasteiger partial charge in [-0.05, 0) is 30.7 Å². The molecule has 0 saturated carbocycles. The Bertz CT molecular complexity index is 451. The zero-order valence-corrected chi connectivity index (χ0v) is 10.7. The first-order chi connectivity index (χ1) is 9.47. The first kappa shape index (κ1) is 14.9. The van der Waals surface area contributed by atoms with E-state index in [2.05, 4.69) is 5.32 Å². The van der Waals surface area contributed by atoms with E-state index in [1.165, 1.54) is 0 Å². The first-order valence-electron chi connectivity index (χ1n) is 6.31. The highest BCUT2D eigenvalue weighted by Crippen LogP contribution is 2.30. The monoisotopic (exact) mass is 291 g/mol. The number of aliphatic hydroxyl groups is 1. The van der Waals surface area contributed by atoms with Gasteiger partial charge in [0.15, 0.2) is 17.6 Å². The van der Waals surface area contributed by atoms with Crippen LogP contribution in [0.5, 0.6) is 11.5 Å². The summed E-state index contributed by atoms with van der Waals surface area (Å²) in [6.07, 6.45) is -6.37. The number of ether oxygens (including phenoxy) is 2. The van der Waals surface area contributed by atoms with Crippen LogP contribution in [-0.2, 0) is 6.42 Å². The minimum Gasteiger partial charge on any atom is -0.486 e. The zero-order chi connectivity index (χ0) is 14.6. The van der Waals surface area contributed by atoms with Crippen molar-refractivity contribution in [2.24, 2.45) is 0 Å². The van der Waals surface area contributed by atoms with E-state index < -0.39 is 18.8 Å². The topological polar surface area (TPSA) is 50.7 Å². The summed E-state index contributed by atoms with van der Waals surface area (Å²) in [6, 6.07) is 5.44. The van der Waals surface area contributed by atoms with Crippen molar-refractivity contribution in [1.82, 2.24) is 5.32 Å². The minimum absolute atomic E-state index is 0.340. The van der Waals surface area contributed by atoms with E-state index in [0.717, 1.165) is 5.56 Å². The summed E-state index contributed by atoms with van der Waals surface area (Å²) >= 11 is 0. The maximum Gasteiger partial charge on any atom is 0.415 e. The number of benzene rings is 1. The summed E-state index contributed by atoms with van der Waals surface area (Å²) in [6.45, 7) is 0.844. The van der Waals surface area contributed by atoms with Crippen molar-refractivity contribution < 1.29 is 27.8 Å². The molecule has 0 aliphatic carbocycles. The quantitative estimate of drug-likeness (QED) is 0.808. The zero-order valence-electron chi connectivity index (χ0n) is 10.7. The largest absolute Gasteiger partial charge is 0.486 e. The second-order valence-electron chi connectivity index (χ2n) is 4.49. The molecule has 1 unspecified atom stereocenters. The molecule has 0 amide bonds. The van der Waals surface area contributed by atoms with E-state index in [9.17, 15) is 13.2 Å². The molecule has 2 N–H and O–H groups in total. The number of aliphatic hydroxyl groups excluding tert-OH is 1. The van der Waals surface area contributed by atoms with Gasteiger partial charge in [0.2, 0.25) is 0 Å². The lowest BCUT2D eigenvalue weighted by atomic mass is 10.1. The van der Waals surface area contributed by atoms with Gasteiger partial charge in [-0.3, -0.25) is 0 Å². The van der Waals surface area contributed by atoms with Crippen LogP contribution < -0.4 is 14.8 Å². The van der Waals surface area contributed by atoms with Crippen LogP contribution in [0, 0.1) is 0 Å². The summed E-state index contributed by atoms with van der Waals surface area (Å²) in [4.78, 5) is 0. The number of alkyl halides is 3. The maximum atomic E-state index is 12.1. The number of hydrogen-bond acceptors (Lipinski definition) is 4. The molecule has 2 rings (SSSR count). The Morgan fingerprint density at radius 3 is 2.60 bits per heavy atom. The molecule has 0 saturated heterocycles. The van der Waals surface area contributed by atoms with Crippen LogP contribution in [0.3, 0.4) is 0 Å². The normalized spacial score (nSPS) is 16.0. The van der Waals surface area contributed by atoms with Crippen molar-refractivity contribution in [2.75, 3.05) is 26.3 Å². The summed E-state index contributed by atoms with van der Waals surface area (Å²) in [5.74, 6) is 1.34. The predicted molar refractivity (Wildman–Crippen MR) is 66.1 cm³/mol. The first-order valence-corrected chi connectivity index (χ1v) is 6.31. The second kappa shape index (κ2) is 6.32. The van der Waals surface area contributed by atoms with Crippen LogP contribution in [0.1, 0.15) is 5.56 Å². The summed E-state index contributed by atoms with van der Waals surface area (Å²) in [7, 11) is 0. The number of halogens is 3. The number of fused-ring (bicyclic) bond motifs is 1. The molecule has 0 spiro atoms. The molecule has 1 aromatic rings. The molecule has 1 aliphatic heterocycles. The molecule has 4 nitrogen and oxygen atoms in total. The Labute approximate surface area is 114 Å². The van der Waals surface area contributed by atoms with Crippen LogP contribution in [0.4, 0.5) is 13.2 Å². The number of hydrogen-bond donors (Lipinski definition) is 2. The minimum atomic E-state index is -4.58. The Hall–Kier alpha value is -1.47. The Kier molecular flexibility index (Phi) is 4.72. The maximum absolute atomic E-state index is 12.1. The Morgan fingerprint density at radius 2 is 1.90 bits per heavy atom. The fourth-order valence-electron chi connectivity index (χ4n) is 1.83. The van der Waals surface area contributed by atoms with Crippen LogP contribution in [0.2, 0.25) is 0 Å². The number of rotatable bonds is 5. The van der Waals surface area contributed by atoms with Gasteiger partial charge in [0.25, 0.3) is 0 Å². The van der Waals surface area contributed by atoms with Gasteiger partial charge in [-0.25, -0.2) is 0 Å². The van der Waals surface area contributed by atoms with Gasteiger partial charge in [-0.2, -0.15) is 13.2 Å². The molecule has 0 aromatic heterocycles. The van der Waals surface area contributed by atoms with E-state index >= 15 is 0 Å². The molecule has 0 fully saturated rings. The summed E-state index contributed by atoms with van der Waals surface area (Å²) in [5.41, 5.74) is 0.934. The lowest BCUT2D eigenvalue weighted by Crippen LogP contribution is -2.39. The van der Waals surface area contributed by atoms with Crippen LogP contribution in [0.25, 0.3) is 0 Å². The van der Waals surface area contributed by atoms with Crippen molar-refractivity contribution >= 4 is 0 Å². The van der Waals surface area contributed by atoms with Gasteiger partial charge >= 0.3 is 6.18 Å². The molecule has 20 heavy (non-hydrogen) atoms. The lowest BCUT2D eigenvalue weighted by molar-refractivity contribution is -0.201. The SMILES string of the molecule is OC(CNCCc1ccc2c(c1)OCCO2)C(F)(F)F. The van der Waals surface area contributed by atoms with Crippen molar-refractivity contribution in [2.45, 2.75) is 18.7 Å². The van der Waals surface area contributed by atoms with Gasteiger partial charge in [-0.15, -0.1) is 0 Å². The van der Waals surface area contributed by atoms with E-state index in [-0.39, 0.29) is 0 Å². The standard InChI is InChI=1S/C13H16F3NO3/c14-13(15,16)12(18)8-17-4-3-9-1-2-10-11(7-9)20-6-5-19-10/h1-2,7,12,17-18H,3-6,8H2. The molecule has 0 radical (unpaired) electrons. The van der Waals surface area contributed by atoms with Crippen molar-refractivity contribution in [3.8, 4) is 11.5 Å². The fourth-order valence-corrected chi connectivity index (χ4v) is 1.83. The van der Waals surface area contributed by atoms with Gasteiger partial charge in [0, 0.05) is 6.54 Å². The van der Waals surface area contributed by atoms with Gasteiger partial charge < -0.3 is 19.9 Å². The average Bonchev–Trinajstić information content (AvgIpc) is 2.42. The third kappa shape index (κ3) is 4.01.